The molecule has 0 radical (unpaired) electrons. The lowest BCUT2D eigenvalue weighted by Crippen LogP contribution is -2.41. The summed E-state index contributed by atoms with van der Waals surface area (Å²) in [6.07, 6.45) is 10.5. The van der Waals surface area contributed by atoms with Crippen molar-refractivity contribution in [2.24, 2.45) is 26.1 Å². The summed E-state index contributed by atoms with van der Waals surface area (Å²) in [6.45, 7) is 4.34. The number of nitriles is 4. The van der Waals surface area contributed by atoms with Crippen LogP contribution in [0.15, 0.2) is 69.0 Å². The van der Waals surface area contributed by atoms with Gasteiger partial charge in [-0.25, -0.2) is 29.6 Å². The zero-order valence-corrected chi connectivity index (χ0v) is 32.2. The Balaban J connectivity index is 0.000000424. The number of rotatable bonds is 14. The highest BCUT2D eigenvalue weighted by Crippen LogP contribution is 2.13. The van der Waals surface area contributed by atoms with Gasteiger partial charge in [-0.15, -0.1) is 0 Å². The fraction of sp³-hybridized carbons (Fsp3) is 0.286. The molecule has 0 aromatic carbocycles. The lowest BCUT2D eigenvalue weighted by molar-refractivity contribution is -0.118. The first kappa shape index (κ1) is 51.0. The average Bonchev–Trinajstić information content (AvgIpc) is 3.93. The maximum atomic E-state index is 11.6. The number of hydrogen-bond donors (Lipinski definition) is 3. The number of morpholine rings is 1. The van der Waals surface area contributed by atoms with Gasteiger partial charge in [-0.05, 0) is 24.3 Å². The van der Waals surface area contributed by atoms with Crippen LogP contribution in [-0.4, -0.2) is 163 Å². The highest BCUT2D eigenvalue weighted by atomic mass is 16.6. The van der Waals surface area contributed by atoms with Crippen molar-refractivity contribution in [1.29, 1.82) is 21.0 Å². The topological polar surface area (TPSA) is 389 Å². The molecule has 4 aliphatic rings. The van der Waals surface area contributed by atoms with Gasteiger partial charge < -0.3 is 19.9 Å². The van der Waals surface area contributed by atoms with Gasteiger partial charge in [-0.3, -0.25) is 34.2 Å². The SMILES string of the molecule is N#CC=CC(=O)/C=N/N1CC(=O)NC1=O.N#CC=CC(=O)/C=N/N1CC(CN2CCOCC2)OC1=O.N#CC=CC(=O)/C=N/N1CCOC1=O.N#CC=CC(=O)/C=N/NC(N)=O. The van der Waals surface area contributed by atoms with Crippen LogP contribution in [0.5, 0.6) is 0 Å². The van der Waals surface area contributed by atoms with E-state index in [2.05, 4.69) is 35.8 Å². The second-order valence-corrected chi connectivity index (χ2v) is 11.1. The van der Waals surface area contributed by atoms with Crippen molar-refractivity contribution in [3.8, 4) is 24.3 Å². The summed E-state index contributed by atoms with van der Waals surface area (Å²) < 4.78 is 15.0. The van der Waals surface area contributed by atoms with E-state index in [1.807, 2.05) is 10.7 Å². The predicted molar refractivity (Wildman–Crippen MR) is 208 cm³/mol. The number of cyclic esters (lactones) is 2. The van der Waals surface area contributed by atoms with Gasteiger partial charge in [0.1, 0.15) is 19.3 Å². The minimum atomic E-state index is -0.858. The Kier molecular flexibility index (Phi) is 24.7. The van der Waals surface area contributed by atoms with E-state index in [0.29, 0.717) is 32.8 Å². The van der Waals surface area contributed by atoms with E-state index < -0.39 is 53.3 Å². The van der Waals surface area contributed by atoms with Crippen LogP contribution >= 0.6 is 0 Å². The van der Waals surface area contributed by atoms with Gasteiger partial charge in [0, 0.05) is 43.9 Å². The first-order valence-corrected chi connectivity index (χ1v) is 17.2. The Hall–Kier alpha value is -9.05. The fourth-order valence-corrected chi connectivity index (χ4v) is 3.97. The number of carbonyl (C=O) groups excluding carboxylic acids is 9. The van der Waals surface area contributed by atoms with Crippen LogP contribution in [0.3, 0.4) is 0 Å². The molecule has 0 aromatic rings. The lowest BCUT2D eigenvalue weighted by atomic mass is 10.3. The van der Waals surface area contributed by atoms with E-state index in [4.69, 9.17) is 30.5 Å². The molecule has 0 bridgehead atoms. The summed E-state index contributed by atoms with van der Waals surface area (Å²) >= 11 is 0. The average molecular weight is 858 g/mol. The number of carbonyl (C=O) groups is 9. The van der Waals surface area contributed by atoms with Crippen molar-refractivity contribution in [3.63, 3.8) is 0 Å². The molecule has 0 aliphatic carbocycles. The molecule has 4 N–H and O–H groups in total. The molecule has 1 unspecified atom stereocenters. The number of primary amides is 1. The first-order valence-electron chi connectivity index (χ1n) is 17.2. The summed E-state index contributed by atoms with van der Waals surface area (Å²) in [5.41, 5.74) is 6.46. The molecule has 4 heterocycles. The third-order valence-electron chi connectivity index (χ3n) is 6.56. The predicted octanol–water partition coefficient (Wildman–Crippen LogP) is -1.69. The Morgan fingerprint density at radius 3 is 1.61 bits per heavy atom. The van der Waals surface area contributed by atoms with Crippen molar-refractivity contribution in [2.45, 2.75) is 6.10 Å². The van der Waals surface area contributed by atoms with Gasteiger partial charge in [-0.1, -0.05) is 0 Å². The standard InChI is InChI=1S/C13H16N4O4.C8H6N4O3.C8H7N3O3.C6H6N4O2/c14-3-1-2-11(18)8-15-17-10-12(21-13(17)19)9-16-4-6-20-7-5-16;9-3-1-2-6(13)4-10-12-5-7(14)11-8(12)15;9-3-1-2-7(12)6-10-11-4-5-14-8(11)13;7-3-1-2-5(11)4-9-10-6(8)12/h1-2,8,12H,4-7,9-10H2;1-2,4H,5H2,(H,11,14,15);1-2,6H,4-5H2;1-2,4H,(H3,8,10,12)/b2-1?,15-8+;2-1?,10-4+;2-1?,10-6+;2-1?,9-4+. The molecule has 0 saturated carbocycles. The molecule has 4 fully saturated rings. The van der Waals surface area contributed by atoms with Crippen molar-refractivity contribution in [2.75, 3.05) is 59.1 Å². The number of imide groups is 1. The van der Waals surface area contributed by atoms with E-state index in [1.54, 1.807) is 24.3 Å². The third kappa shape index (κ3) is 23.2. The van der Waals surface area contributed by atoms with Crippen LogP contribution in [0.2, 0.25) is 0 Å². The monoisotopic (exact) mass is 857 g/mol. The van der Waals surface area contributed by atoms with Crippen LogP contribution in [-0.2, 0) is 38.2 Å². The van der Waals surface area contributed by atoms with Gasteiger partial charge in [0.15, 0.2) is 23.1 Å². The quantitative estimate of drug-likeness (QED) is 0.0577. The van der Waals surface area contributed by atoms with Gasteiger partial charge in [0.25, 0.3) is 0 Å². The van der Waals surface area contributed by atoms with Crippen molar-refractivity contribution in [3.05, 3.63) is 48.6 Å². The molecule has 27 heteroatoms. The molecular formula is C35H35N15O12. The zero-order valence-electron chi connectivity index (χ0n) is 32.2. The molecule has 4 aliphatic heterocycles. The minimum Gasteiger partial charge on any atom is -0.446 e. The summed E-state index contributed by atoms with van der Waals surface area (Å²) in [5.74, 6) is -2.43. The summed E-state index contributed by atoms with van der Waals surface area (Å²) in [6, 6.07) is 5.10. The largest absolute Gasteiger partial charge is 0.446 e. The lowest BCUT2D eigenvalue weighted by Gasteiger charge is -2.27. The molecule has 62 heavy (non-hydrogen) atoms. The van der Waals surface area contributed by atoms with Crippen molar-refractivity contribution >= 4 is 78.1 Å². The van der Waals surface area contributed by atoms with Crippen LogP contribution < -0.4 is 16.5 Å². The summed E-state index contributed by atoms with van der Waals surface area (Å²) in [7, 11) is 0. The normalized spacial score (nSPS) is 17.5. The molecule has 7 amide bonds. The van der Waals surface area contributed by atoms with Crippen LogP contribution in [0.25, 0.3) is 0 Å². The van der Waals surface area contributed by atoms with Crippen LogP contribution in [0, 0.1) is 45.3 Å². The Morgan fingerprint density at radius 2 is 1.18 bits per heavy atom. The Labute approximate surface area is 351 Å². The van der Waals surface area contributed by atoms with Gasteiger partial charge >= 0.3 is 24.2 Å². The number of amides is 7. The zero-order chi connectivity index (χ0) is 46.1. The van der Waals surface area contributed by atoms with E-state index in [1.165, 1.54) is 0 Å². The number of allylic oxidation sites excluding steroid dienone is 8. The number of urea groups is 2. The number of hydrazone groups is 4. The van der Waals surface area contributed by atoms with E-state index >= 15 is 0 Å². The van der Waals surface area contributed by atoms with E-state index in [9.17, 15) is 43.2 Å². The summed E-state index contributed by atoms with van der Waals surface area (Å²) in [5, 5.41) is 51.5. The number of ether oxygens (including phenoxy) is 3. The van der Waals surface area contributed by atoms with Gasteiger partial charge in [-0.2, -0.15) is 51.5 Å². The second kappa shape index (κ2) is 30.1. The third-order valence-corrected chi connectivity index (χ3v) is 6.56. The molecule has 0 aromatic heterocycles. The number of hydrogen-bond acceptors (Lipinski definition) is 21. The molecule has 4 rings (SSSR count). The van der Waals surface area contributed by atoms with Gasteiger partial charge in [0.05, 0.1) is 75.4 Å². The molecule has 0 spiro atoms. The Bertz CT molecular complexity index is 2090. The van der Waals surface area contributed by atoms with Gasteiger partial charge in [0.2, 0.25) is 5.91 Å². The van der Waals surface area contributed by atoms with E-state index in [-0.39, 0.29) is 19.3 Å². The fourth-order valence-electron chi connectivity index (χ4n) is 3.97. The highest BCUT2D eigenvalue weighted by Gasteiger charge is 2.33. The van der Waals surface area contributed by atoms with E-state index in [0.717, 1.165) is 102 Å². The molecule has 4 saturated heterocycles. The van der Waals surface area contributed by atoms with Crippen LogP contribution in [0.1, 0.15) is 0 Å². The minimum absolute atomic E-state index is 0.204. The highest BCUT2D eigenvalue weighted by molar-refractivity contribution is 6.34. The maximum Gasteiger partial charge on any atom is 0.430 e. The Morgan fingerprint density at radius 1 is 0.694 bits per heavy atom. The molecule has 1 atom stereocenters. The first-order chi connectivity index (χ1) is 29.7. The van der Waals surface area contributed by atoms with Crippen LogP contribution in [0.4, 0.5) is 19.2 Å². The number of nitrogens with zero attached hydrogens (tertiary/aromatic N) is 12. The van der Waals surface area contributed by atoms with Crippen molar-refractivity contribution in [1.82, 2.24) is 30.7 Å². The molecular weight excluding hydrogens is 822 g/mol. The number of nitrogens with one attached hydrogen (secondary N) is 2. The molecule has 322 valence electrons. The molecule has 27 nitrogen and oxygen atoms in total. The van der Waals surface area contributed by atoms with Crippen molar-refractivity contribution < 1.29 is 57.4 Å². The number of ketones is 4. The second-order valence-electron chi connectivity index (χ2n) is 11.1. The number of nitrogens with two attached hydrogens (primary N) is 1. The maximum absolute atomic E-state index is 11.6. The summed E-state index contributed by atoms with van der Waals surface area (Å²) in [4.78, 5) is 99.9. The smallest absolute Gasteiger partial charge is 0.430 e.